The molecular weight excluding hydrogens is 288 g/mol. The molecule has 2 aromatic rings. The summed E-state index contributed by atoms with van der Waals surface area (Å²) in [6.45, 7) is 1.33. The molecule has 1 aliphatic heterocycles. The van der Waals surface area contributed by atoms with Crippen LogP contribution in [0.5, 0.6) is 0 Å². The highest BCUT2D eigenvalue weighted by Gasteiger charge is 2.27. The van der Waals surface area contributed by atoms with Crippen molar-refractivity contribution >= 4 is 11.8 Å². The Balaban J connectivity index is 1.87. The van der Waals surface area contributed by atoms with Crippen molar-refractivity contribution in [3.8, 4) is 0 Å². The largest absolute Gasteiger partial charge is 0.419 e. The quantitative estimate of drug-likeness (QED) is 0.637. The van der Waals surface area contributed by atoms with Crippen molar-refractivity contribution in [2.75, 3.05) is 13.1 Å². The number of amides is 1. The third-order valence-electron chi connectivity index (χ3n) is 3.45. The summed E-state index contributed by atoms with van der Waals surface area (Å²) in [4.78, 5) is 23.9. The molecule has 1 unspecified atom stereocenters. The maximum Gasteiger partial charge on any atom is 0.412 e. The Hall–Kier alpha value is -2.90. The fourth-order valence-electron chi connectivity index (χ4n) is 2.11. The molecule has 2 heterocycles. The van der Waals surface area contributed by atoms with Crippen molar-refractivity contribution in [1.82, 2.24) is 14.7 Å². The molecule has 0 radical (unpaired) electrons. The molecule has 0 spiro atoms. The number of nitrogens with zero attached hydrogens (tertiary/aromatic N) is 4. The van der Waals surface area contributed by atoms with Crippen molar-refractivity contribution in [2.45, 2.75) is 12.6 Å². The number of hydrogen-bond acceptors (Lipinski definition) is 5. The van der Waals surface area contributed by atoms with Gasteiger partial charge in [-0.3, -0.25) is 10.1 Å². The molecular formula is C14H14N4O4. The molecule has 3 rings (SSSR count). The first-order valence-corrected chi connectivity index (χ1v) is 6.84. The Morgan fingerprint density at radius 1 is 1.32 bits per heavy atom. The van der Waals surface area contributed by atoms with Gasteiger partial charge >= 0.3 is 11.8 Å². The molecule has 114 valence electrons. The third-order valence-corrected chi connectivity index (χ3v) is 3.45. The summed E-state index contributed by atoms with van der Waals surface area (Å²) in [5.41, 5.74) is 0.537. The zero-order valence-corrected chi connectivity index (χ0v) is 11.7. The van der Waals surface area contributed by atoms with Gasteiger partial charge < -0.3 is 9.64 Å². The van der Waals surface area contributed by atoms with Crippen LogP contribution in [0.4, 0.5) is 10.5 Å². The number of hydrogen-bond donors (Lipinski definition) is 0. The predicted octanol–water partition coefficient (Wildman–Crippen LogP) is 2.18. The van der Waals surface area contributed by atoms with E-state index in [0.29, 0.717) is 18.7 Å². The summed E-state index contributed by atoms with van der Waals surface area (Å²) >= 11 is 0. The van der Waals surface area contributed by atoms with Crippen molar-refractivity contribution in [1.29, 1.82) is 0 Å². The van der Waals surface area contributed by atoms with Gasteiger partial charge in [0.05, 0.1) is 4.92 Å². The molecule has 22 heavy (non-hydrogen) atoms. The molecule has 1 aliphatic rings. The Bertz CT molecular complexity index is 681. The highest BCUT2D eigenvalue weighted by Crippen LogP contribution is 2.23. The van der Waals surface area contributed by atoms with Crippen LogP contribution >= 0.6 is 0 Å². The smallest absolute Gasteiger partial charge is 0.412 e. The van der Waals surface area contributed by atoms with Gasteiger partial charge in [-0.05, 0) is 6.42 Å². The number of rotatable bonds is 4. The van der Waals surface area contributed by atoms with Gasteiger partial charge in [0.25, 0.3) is 0 Å². The zero-order chi connectivity index (χ0) is 15.5. The van der Waals surface area contributed by atoms with Crippen LogP contribution in [0.3, 0.4) is 0 Å². The molecule has 0 N–H and O–H groups in total. The Morgan fingerprint density at radius 3 is 2.59 bits per heavy atom. The lowest BCUT2D eigenvalue weighted by atomic mass is 10.2. The molecule has 1 fully saturated rings. The lowest BCUT2D eigenvalue weighted by Crippen LogP contribution is -2.43. The van der Waals surface area contributed by atoms with Gasteiger partial charge in [0.1, 0.15) is 12.4 Å². The Kier molecular flexibility index (Phi) is 3.73. The first-order chi connectivity index (χ1) is 10.6. The van der Waals surface area contributed by atoms with Crippen LogP contribution in [0.25, 0.3) is 0 Å². The maximum absolute atomic E-state index is 12.1. The highest BCUT2D eigenvalue weighted by atomic mass is 16.6. The van der Waals surface area contributed by atoms with E-state index in [1.54, 1.807) is 29.2 Å². The van der Waals surface area contributed by atoms with Crippen LogP contribution in [0.2, 0.25) is 0 Å². The van der Waals surface area contributed by atoms with Gasteiger partial charge in [0, 0.05) is 18.7 Å². The number of nitro groups is 1. The van der Waals surface area contributed by atoms with Gasteiger partial charge in [-0.2, -0.15) is 5.10 Å². The summed E-state index contributed by atoms with van der Waals surface area (Å²) in [5, 5.41) is 14.7. The number of ether oxygens (including phenoxy) is 1. The summed E-state index contributed by atoms with van der Waals surface area (Å²) < 4.78 is 6.77. The Morgan fingerprint density at radius 2 is 2.05 bits per heavy atom. The lowest BCUT2D eigenvalue weighted by molar-refractivity contribution is -0.385. The molecule has 1 aromatic carbocycles. The fourth-order valence-corrected chi connectivity index (χ4v) is 2.11. The predicted molar refractivity (Wildman–Crippen MR) is 76.1 cm³/mol. The highest BCUT2D eigenvalue weighted by molar-refractivity contribution is 5.68. The van der Waals surface area contributed by atoms with Crippen LogP contribution < -0.4 is 0 Å². The van der Waals surface area contributed by atoms with E-state index in [1.165, 1.54) is 10.9 Å². The maximum atomic E-state index is 12.1. The molecule has 8 heteroatoms. The summed E-state index contributed by atoms with van der Waals surface area (Å²) in [6, 6.07) is 9.00. The molecule has 1 aromatic heterocycles. The van der Waals surface area contributed by atoms with E-state index in [-0.39, 0.29) is 5.69 Å². The zero-order valence-electron chi connectivity index (χ0n) is 11.7. The van der Waals surface area contributed by atoms with E-state index in [4.69, 9.17) is 4.74 Å². The fraction of sp³-hybridized carbons (Fsp3) is 0.286. The SMILES string of the molecule is O=C(OC(c1ccccc1)n1cc([N+](=O)[O-])cn1)N1CCC1. The number of aromatic nitrogens is 2. The molecule has 1 atom stereocenters. The van der Waals surface area contributed by atoms with Crippen LogP contribution in [0.1, 0.15) is 18.2 Å². The van der Waals surface area contributed by atoms with Crippen molar-refractivity contribution in [3.63, 3.8) is 0 Å². The third kappa shape index (κ3) is 2.76. The van der Waals surface area contributed by atoms with Crippen LogP contribution in [-0.2, 0) is 4.74 Å². The van der Waals surface area contributed by atoms with Crippen molar-refractivity contribution in [2.24, 2.45) is 0 Å². The molecule has 8 nitrogen and oxygen atoms in total. The topological polar surface area (TPSA) is 90.5 Å². The van der Waals surface area contributed by atoms with Gasteiger partial charge in [0.2, 0.25) is 6.23 Å². The molecule has 0 saturated carbocycles. The van der Waals surface area contributed by atoms with E-state index >= 15 is 0 Å². The Labute approximate surface area is 126 Å². The average Bonchev–Trinajstić information content (AvgIpc) is 2.93. The molecule has 1 saturated heterocycles. The number of carbonyl (C=O) groups is 1. The second kappa shape index (κ2) is 5.84. The summed E-state index contributed by atoms with van der Waals surface area (Å²) in [7, 11) is 0. The van der Waals surface area contributed by atoms with Crippen molar-refractivity contribution in [3.05, 3.63) is 58.4 Å². The summed E-state index contributed by atoms with van der Waals surface area (Å²) in [5.74, 6) is 0. The standard InChI is InChI=1S/C14H14N4O4/c19-14(16-7-4-8-16)22-13(11-5-2-1-3-6-11)17-10-12(9-15-17)18(20)21/h1-3,5-6,9-10,13H,4,7-8H2. The van der Waals surface area contributed by atoms with Crippen LogP contribution in [0, 0.1) is 10.1 Å². The first-order valence-electron chi connectivity index (χ1n) is 6.84. The minimum absolute atomic E-state index is 0.152. The average molecular weight is 302 g/mol. The van der Waals surface area contributed by atoms with Crippen LogP contribution in [-0.4, -0.2) is 38.8 Å². The van der Waals surface area contributed by atoms with Gasteiger partial charge in [0.15, 0.2) is 0 Å². The second-order valence-electron chi connectivity index (χ2n) is 4.92. The number of benzene rings is 1. The lowest BCUT2D eigenvalue weighted by Gasteiger charge is -2.31. The van der Waals surface area contributed by atoms with Gasteiger partial charge in [-0.15, -0.1) is 0 Å². The number of likely N-dealkylation sites (tertiary alicyclic amines) is 1. The van der Waals surface area contributed by atoms with Crippen LogP contribution in [0.15, 0.2) is 42.7 Å². The molecule has 0 bridgehead atoms. The monoisotopic (exact) mass is 302 g/mol. The molecule has 0 aliphatic carbocycles. The minimum Gasteiger partial charge on any atom is -0.419 e. The van der Waals surface area contributed by atoms with E-state index in [1.807, 2.05) is 6.07 Å². The molecule has 1 amide bonds. The first kappa shape index (κ1) is 14.1. The normalized spacial score (nSPS) is 15.0. The second-order valence-corrected chi connectivity index (χ2v) is 4.92. The van der Waals surface area contributed by atoms with E-state index in [9.17, 15) is 14.9 Å². The van der Waals surface area contributed by atoms with E-state index in [0.717, 1.165) is 12.6 Å². The van der Waals surface area contributed by atoms with Gasteiger partial charge in [-0.25, -0.2) is 9.48 Å². The number of carbonyl (C=O) groups excluding carboxylic acids is 1. The van der Waals surface area contributed by atoms with E-state index in [2.05, 4.69) is 5.10 Å². The summed E-state index contributed by atoms with van der Waals surface area (Å²) in [6.07, 6.45) is 2.06. The van der Waals surface area contributed by atoms with Gasteiger partial charge in [-0.1, -0.05) is 30.3 Å². The van der Waals surface area contributed by atoms with E-state index < -0.39 is 17.2 Å². The van der Waals surface area contributed by atoms with Crippen molar-refractivity contribution < 1.29 is 14.5 Å². The minimum atomic E-state index is -0.831.